The van der Waals surface area contributed by atoms with Crippen LogP contribution in [0.15, 0.2) is 28.8 Å². The standard InChI is InChI=1S/C17H19N3O/c1-12(6-5-11-18)17-19-16(20-21-17)15-10-4-8-13-7-2-3-9-14(13)15/h2-3,7,9,12,15H,4-6,8,10H2,1H3. The molecular formula is C17H19N3O. The Labute approximate surface area is 124 Å². The molecule has 0 spiro atoms. The van der Waals surface area contributed by atoms with Crippen molar-refractivity contribution in [3.05, 3.63) is 47.1 Å². The van der Waals surface area contributed by atoms with Gasteiger partial charge in [-0.15, -0.1) is 0 Å². The van der Waals surface area contributed by atoms with E-state index in [1.165, 1.54) is 11.1 Å². The molecule has 4 nitrogen and oxygen atoms in total. The lowest BCUT2D eigenvalue weighted by atomic mass is 9.82. The van der Waals surface area contributed by atoms with E-state index in [2.05, 4.69) is 40.5 Å². The average molecular weight is 281 g/mol. The van der Waals surface area contributed by atoms with Gasteiger partial charge >= 0.3 is 0 Å². The van der Waals surface area contributed by atoms with E-state index in [1.54, 1.807) is 0 Å². The molecule has 0 radical (unpaired) electrons. The topological polar surface area (TPSA) is 62.7 Å². The van der Waals surface area contributed by atoms with Gasteiger partial charge in [-0.25, -0.2) is 0 Å². The minimum Gasteiger partial charge on any atom is -0.339 e. The first-order chi connectivity index (χ1) is 10.3. The summed E-state index contributed by atoms with van der Waals surface area (Å²) in [6, 6.07) is 10.7. The predicted molar refractivity (Wildman–Crippen MR) is 78.8 cm³/mol. The van der Waals surface area contributed by atoms with Crippen molar-refractivity contribution in [1.29, 1.82) is 5.26 Å². The summed E-state index contributed by atoms with van der Waals surface area (Å²) in [4.78, 5) is 4.60. The summed E-state index contributed by atoms with van der Waals surface area (Å²) in [5, 5.41) is 12.9. The normalized spacial score (nSPS) is 18.8. The van der Waals surface area contributed by atoms with Crippen LogP contribution in [0, 0.1) is 11.3 Å². The number of fused-ring (bicyclic) bond motifs is 1. The number of nitrogens with zero attached hydrogens (tertiary/aromatic N) is 3. The Hall–Kier alpha value is -2.15. The minimum atomic E-state index is 0.143. The molecule has 2 unspecified atom stereocenters. The molecule has 108 valence electrons. The summed E-state index contributed by atoms with van der Waals surface area (Å²) < 4.78 is 5.42. The second kappa shape index (κ2) is 6.09. The maximum atomic E-state index is 8.66. The molecule has 3 rings (SSSR count). The third kappa shape index (κ3) is 2.82. The lowest BCUT2D eigenvalue weighted by Crippen LogP contribution is -2.12. The van der Waals surface area contributed by atoms with Crippen molar-refractivity contribution in [3.63, 3.8) is 0 Å². The van der Waals surface area contributed by atoms with Gasteiger partial charge in [0.15, 0.2) is 5.82 Å². The Morgan fingerprint density at radius 3 is 3.14 bits per heavy atom. The van der Waals surface area contributed by atoms with Gasteiger partial charge in [0.2, 0.25) is 5.89 Å². The maximum absolute atomic E-state index is 8.66. The largest absolute Gasteiger partial charge is 0.339 e. The zero-order chi connectivity index (χ0) is 14.7. The molecule has 0 aliphatic heterocycles. The fourth-order valence-corrected chi connectivity index (χ4v) is 3.02. The molecule has 1 aliphatic rings. The molecule has 1 aromatic heterocycles. The molecule has 0 saturated heterocycles. The van der Waals surface area contributed by atoms with E-state index in [0.717, 1.165) is 31.5 Å². The molecule has 0 amide bonds. The summed E-state index contributed by atoms with van der Waals surface area (Å²) in [6.45, 7) is 2.03. The molecule has 2 aromatic rings. The Kier molecular flexibility index (Phi) is 4.01. The maximum Gasteiger partial charge on any atom is 0.229 e. The van der Waals surface area contributed by atoms with Crippen LogP contribution in [0.3, 0.4) is 0 Å². The Morgan fingerprint density at radius 2 is 2.29 bits per heavy atom. The SMILES string of the molecule is CC(CCC#N)c1nc(C2CCCc3ccccc32)no1. The van der Waals surface area contributed by atoms with Crippen LogP contribution in [0.25, 0.3) is 0 Å². The van der Waals surface area contributed by atoms with Gasteiger partial charge in [0.1, 0.15) is 0 Å². The van der Waals surface area contributed by atoms with Gasteiger partial charge < -0.3 is 4.52 Å². The van der Waals surface area contributed by atoms with Gasteiger partial charge in [-0.1, -0.05) is 36.3 Å². The molecular weight excluding hydrogens is 262 g/mol. The van der Waals surface area contributed by atoms with Crippen molar-refractivity contribution in [2.24, 2.45) is 0 Å². The molecule has 21 heavy (non-hydrogen) atoms. The second-order valence-electron chi connectivity index (χ2n) is 5.73. The van der Waals surface area contributed by atoms with Gasteiger partial charge in [0, 0.05) is 18.3 Å². The first-order valence-corrected chi connectivity index (χ1v) is 7.58. The predicted octanol–water partition coefficient (Wildman–Crippen LogP) is 3.95. The second-order valence-corrected chi connectivity index (χ2v) is 5.73. The van der Waals surface area contributed by atoms with Gasteiger partial charge in [0.05, 0.1) is 6.07 Å². The highest BCUT2D eigenvalue weighted by molar-refractivity contribution is 5.36. The summed E-state index contributed by atoms with van der Waals surface area (Å²) in [5.41, 5.74) is 2.73. The monoisotopic (exact) mass is 281 g/mol. The van der Waals surface area contributed by atoms with Crippen LogP contribution in [0.1, 0.15) is 67.3 Å². The van der Waals surface area contributed by atoms with Crippen LogP contribution in [-0.2, 0) is 6.42 Å². The van der Waals surface area contributed by atoms with Crippen LogP contribution in [-0.4, -0.2) is 10.1 Å². The number of nitriles is 1. The highest BCUT2D eigenvalue weighted by atomic mass is 16.5. The fourth-order valence-electron chi connectivity index (χ4n) is 3.02. The first kappa shape index (κ1) is 13.8. The lowest BCUT2D eigenvalue weighted by Gasteiger charge is -2.22. The average Bonchev–Trinajstić information content (AvgIpc) is 3.02. The summed E-state index contributed by atoms with van der Waals surface area (Å²) >= 11 is 0. The molecule has 0 bridgehead atoms. The lowest BCUT2D eigenvalue weighted by molar-refractivity contribution is 0.348. The minimum absolute atomic E-state index is 0.143. The third-order valence-corrected chi connectivity index (χ3v) is 4.25. The molecule has 0 N–H and O–H groups in total. The summed E-state index contributed by atoms with van der Waals surface area (Å²) in [6.07, 6.45) is 4.65. The summed E-state index contributed by atoms with van der Waals surface area (Å²) in [5.74, 6) is 1.84. The number of benzene rings is 1. The molecule has 2 atom stereocenters. The molecule has 1 aromatic carbocycles. The highest BCUT2D eigenvalue weighted by Crippen LogP contribution is 2.35. The van der Waals surface area contributed by atoms with E-state index in [-0.39, 0.29) is 11.8 Å². The number of hydrogen-bond donors (Lipinski definition) is 0. The van der Waals surface area contributed by atoms with E-state index in [1.807, 2.05) is 6.92 Å². The van der Waals surface area contributed by atoms with E-state index >= 15 is 0 Å². The van der Waals surface area contributed by atoms with Crippen LogP contribution in [0.5, 0.6) is 0 Å². The summed E-state index contributed by atoms with van der Waals surface area (Å²) in [7, 11) is 0. The number of hydrogen-bond acceptors (Lipinski definition) is 4. The fraction of sp³-hybridized carbons (Fsp3) is 0.471. The molecule has 0 saturated carbocycles. The van der Waals surface area contributed by atoms with Crippen molar-refractivity contribution in [3.8, 4) is 6.07 Å². The van der Waals surface area contributed by atoms with Crippen molar-refractivity contribution >= 4 is 0 Å². The first-order valence-electron chi connectivity index (χ1n) is 7.58. The van der Waals surface area contributed by atoms with Gasteiger partial charge in [-0.3, -0.25) is 0 Å². The molecule has 4 heteroatoms. The van der Waals surface area contributed by atoms with Crippen LogP contribution < -0.4 is 0 Å². The van der Waals surface area contributed by atoms with Gasteiger partial charge in [-0.2, -0.15) is 10.2 Å². The smallest absolute Gasteiger partial charge is 0.229 e. The van der Waals surface area contributed by atoms with E-state index in [9.17, 15) is 0 Å². The Bertz CT molecular complexity index is 656. The van der Waals surface area contributed by atoms with Gasteiger partial charge in [0.25, 0.3) is 0 Å². The zero-order valence-electron chi connectivity index (χ0n) is 12.2. The molecule has 1 aliphatic carbocycles. The quantitative estimate of drug-likeness (QED) is 0.851. The van der Waals surface area contributed by atoms with Crippen LogP contribution >= 0.6 is 0 Å². The van der Waals surface area contributed by atoms with Crippen molar-refractivity contribution in [2.75, 3.05) is 0 Å². The highest BCUT2D eigenvalue weighted by Gasteiger charge is 2.26. The third-order valence-electron chi connectivity index (χ3n) is 4.25. The van der Waals surface area contributed by atoms with Crippen molar-refractivity contribution in [1.82, 2.24) is 10.1 Å². The number of rotatable bonds is 4. The number of aryl methyl sites for hydroxylation is 1. The Balaban J connectivity index is 1.83. The zero-order valence-corrected chi connectivity index (χ0v) is 12.2. The molecule has 0 fully saturated rings. The van der Waals surface area contributed by atoms with Crippen molar-refractivity contribution in [2.45, 2.75) is 50.9 Å². The van der Waals surface area contributed by atoms with Crippen LogP contribution in [0.2, 0.25) is 0 Å². The van der Waals surface area contributed by atoms with Crippen LogP contribution in [0.4, 0.5) is 0 Å². The molecule has 1 heterocycles. The van der Waals surface area contributed by atoms with Crippen molar-refractivity contribution < 1.29 is 4.52 Å². The van der Waals surface area contributed by atoms with E-state index in [0.29, 0.717) is 12.3 Å². The Morgan fingerprint density at radius 1 is 1.43 bits per heavy atom. The number of aromatic nitrogens is 2. The van der Waals surface area contributed by atoms with Gasteiger partial charge in [-0.05, 0) is 36.8 Å². The van der Waals surface area contributed by atoms with E-state index in [4.69, 9.17) is 9.78 Å². The van der Waals surface area contributed by atoms with E-state index < -0.39 is 0 Å².